The maximum absolute atomic E-state index is 11.7. The zero-order valence-corrected chi connectivity index (χ0v) is 11.9. The van der Waals surface area contributed by atoms with E-state index in [1.54, 1.807) is 18.2 Å². The number of rotatable bonds is 7. The second kappa shape index (κ2) is 8.57. The number of primary amides is 1. The molecule has 0 heterocycles. The number of carbonyl (C=O) groups is 3. The van der Waals surface area contributed by atoms with Crippen molar-refractivity contribution in [2.45, 2.75) is 19.8 Å². The lowest BCUT2D eigenvalue weighted by Crippen LogP contribution is -2.40. The summed E-state index contributed by atoms with van der Waals surface area (Å²) in [6.45, 7) is 2.44. The van der Waals surface area contributed by atoms with Crippen LogP contribution in [0, 0.1) is 0 Å². The van der Waals surface area contributed by atoms with Gasteiger partial charge in [0.05, 0.1) is 6.54 Å². The Morgan fingerprint density at radius 1 is 1.19 bits per heavy atom. The predicted molar refractivity (Wildman–Crippen MR) is 79.9 cm³/mol. The average molecular weight is 292 g/mol. The van der Waals surface area contributed by atoms with Gasteiger partial charge in [-0.1, -0.05) is 19.4 Å². The maximum atomic E-state index is 11.7. The molecule has 7 nitrogen and oxygen atoms in total. The van der Waals surface area contributed by atoms with Gasteiger partial charge in [-0.3, -0.25) is 9.59 Å². The molecule has 0 aliphatic rings. The number of nitrogens with two attached hydrogens (primary N) is 1. The van der Waals surface area contributed by atoms with Gasteiger partial charge in [0.1, 0.15) is 0 Å². The van der Waals surface area contributed by atoms with Gasteiger partial charge in [-0.15, -0.1) is 0 Å². The summed E-state index contributed by atoms with van der Waals surface area (Å²) in [5, 5.41) is 7.65. The number of anilines is 1. The van der Waals surface area contributed by atoms with Crippen molar-refractivity contribution in [1.82, 2.24) is 10.6 Å². The van der Waals surface area contributed by atoms with E-state index >= 15 is 0 Å². The van der Waals surface area contributed by atoms with Crippen LogP contribution < -0.4 is 21.7 Å². The van der Waals surface area contributed by atoms with Crippen LogP contribution in [0.5, 0.6) is 0 Å². The fourth-order valence-corrected chi connectivity index (χ4v) is 1.56. The second-order valence-electron chi connectivity index (χ2n) is 4.46. The molecule has 0 aliphatic heterocycles. The minimum absolute atomic E-state index is 0.154. The Bertz CT molecular complexity index is 517. The molecule has 0 radical (unpaired) electrons. The number of hydrogen-bond acceptors (Lipinski definition) is 3. The van der Waals surface area contributed by atoms with Crippen molar-refractivity contribution in [2.24, 2.45) is 5.73 Å². The molecule has 5 N–H and O–H groups in total. The highest BCUT2D eigenvalue weighted by atomic mass is 16.2. The van der Waals surface area contributed by atoms with Gasteiger partial charge in [0, 0.05) is 17.8 Å². The highest BCUT2D eigenvalue weighted by Crippen LogP contribution is 2.09. The Morgan fingerprint density at radius 3 is 2.62 bits per heavy atom. The predicted octanol–water partition coefficient (Wildman–Crippen LogP) is 0.823. The van der Waals surface area contributed by atoms with Crippen molar-refractivity contribution in [2.75, 3.05) is 18.4 Å². The molecule has 0 atom stereocenters. The highest BCUT2D eigenvalue weighted by Gasteiger charge is 2.07. The van der Waals surface area contributed by atoms with Gasteiger partial charge in [-0.25, -0.2) is 4.79 Å². The van der Waals surface area contributed by atoms with Gasteiger partial charge in [-0.2, -0.15) is 0 Å². The normalized spacial score (nSPS) is 9.76. The van der Waals surface area contributed by atoms with Crippen LogP contribution in [0.25, 0.3) is 0 Å². The monoisotopic (exact) mass is 292 g/mol. The first-order chi connectivity index (χ1) is 10.0. The number of benzene rings is 1. The Balaban J connectivity index is 2.38. The van der Waals surface area contributed by atoms with E-state index in [0.29, 0.717) is 17.8 Å². The zero-order valence-electron chi connectivity index (χ0n) is 11.9. The van der Waals surface area contributed by atoms with Gasteiger partial charge in [0.25, 0.3) is 0 Å². The molecule has 0 fully saturated rings. The van der Waals surface area contributed by atoms with Crippen molar-refractivity contribution in [3.8, 4) is 0 Å². The van der Waals surface area contributed by atoms with Gasteiger partial charge in [-0.05, 0) is 24.6 Å². The second-order valence-corrected chi connectivity index (χ2v) is 4.46. The minimum Gasteiger partial charge on any atom is -0.366 e. The lowest BCUT2D eigenvalue weighted by atomic mass is 10.2. The summed E-state index contributed by atoms with van der Waals surface area (Å²) in [6.07, 6.45) is 1.87. The number of urea groups is 1. The molecule has 1 aromatic carbocycles. The summed E-state index contributed by atoms with van der Waals surface area (Å²) in [7, 11) is 0. The van der Waals surface area contributed by atoms with Crippen LogP contribution in [-0.4, -0.2) is 30.9 Å². The Morgan fingerprint density at radius 2 is 1.95 bits per heavy atom. The lowest BCUT2D eigenvalue weighted by Gasteiger charge is -2.08. The summed E-state index contributed by atoms with van der Waals surface area (Å²) >= 11 is 0. The molecule has 114 valence electrons. The molecule has 1 aromatic rings. The van der Waals surface area contributed by atoms with Crippen molar-refractivity contribution < 1.29 is 14.4 Å². The molecule has 0 unspecified atom stereocenters. The first-order valence-corrected chi connectivity index (χ1v) is 6.74. The quantitative estimate of drug-likeness (QED) is 0.558. The molecule has 0 saturated carbocycles. The van der Waals surface area contributed by atoms with Crippen LogP contribution in [0.4, 0.5) is 10.5 Å². The first-order valence-electron chi connectivity index (χ1n) is 6.74. The molecule has 21 heavy (non-hydrogen) atoms. The van der Waals surface area contributed by atoms with Crippen LogP contribution in [0.3, 0.4) is 0 Å². The Kier molecular flexibility index (Phi) is 6.73. The lowest BCUT2D eigenvalue weighted by molar-refractivity contribution is -0.115. The highest BCUT2D eigenvalue weighted by molar-refractivity contribution is 5.97. The van der Waals surface area contributed by atoms with Crippen LogP contribution in [0.1, 0.15) is 30.1 Å². The van der Waals surface area contributed by atoms with Crippen LogP contribution >= 0.6 is 0 Å². The molecule has 0 aliphatic carbocycles. The number of amides is 4. The molecule has 0 bridgehead atoms. The van der Waals surface area contributed by atoms with Crippen molar-refractivity contribution in [1.29, 1.82) is 0 Å². The van der Waals surface area contributed by atoms with E-state index in [9.17, 15) is 14.4 Å². The standard InChI is InChI=1S/C14H20N4O3/c1-2-3-7-16-14(21)17-9-12(19)18-11-6-4-5-10(8-11)13(15)20/h4-6,8H,2-3,7,9H2,1H3,(H2,15,20)(H,18,19)(H2,16,17,21). The molecule has 4 amide bonds. The third kappa shape index (κ3) is 6.42. The average Bonchev–Trinajstić information content (AvgIpc) is 2.45. The van der Waals surface area contributed by atoms with Gasteiger partial charge >= 0.3 is 6.03 Å². The fourth-order valence-electron chi connectivity index (χ4n) is 1.56. The Labute approximate surface area is 123 Å². The van der Waals surface area contributed by atoms with E-state index < -0.39 is 5.91 Å². The van der Waals surface area contributed by atoms with E-state index in [4.69, 9.17) is 5.73 Å². The molecule has 0 aromatic heterocycles. The maximum Gasteiger partial charge on any atom is 0.315 e. The van der Waals surface area contributed by atoms with Crippen LogP contribution in [0.2, 0.25) is 0 Å². The van der Waals surface area contributed by atoms with Crippen molar-refractivity contribution >= 4 is 23.5 Å². The van der Waals surface area contributed by atoms with E-state index in [1.807, 2.05) is 6.92 Å². The number of unbranched alkanes of at least 4 members (excludes halogenated alkanes) is 1. The summed E-state index contributed by atoms with van der Waals surface area (Å²) in [6, 6.07) is 5.88. The number of carbonyl (C=O) groups excluding carboxylic acids is 3. The van der Waals surface area contributed by atoms with Gasteiger partial charge in [0.15, 0.2) is 0 Å². The summed E-state index contributed by atoms with van der Waals surface area (Å²) in [5.74, 6) is -0.957. The Hall–Kier alpha value is -2.57. The molecule has 0 saturated heterocycles. The van der Waals surface area contributed by atoms with Crippen LogP contribution in [0.15, 0.2) is 24.3 Å². The van der Waals surface area contributed by atoms with Crippen molar-refractivity contribution in [3.63, 3.8) is 0 Å². The number of nitrogens with one attached hydrogen (secondary N) is 3. The molecular weight excluding hydrogens is 272 g/mol. The van der Waals surface area contributed by atoms with E-state index in [2.05, 4.69) is 16.0 Å². The number of hydrogen-bond donors (Lipinski definition) is 4. The van der Waals surface area contributed by atoms with Gasteiger partial charge < -0.3 is 21.7 Å². The van der Waals surface area contributed by atoms with E-state index in [0.717, 1.165) is 12.8 Å². The smallest absolute Gasteiger partial charge is 0.315 e. The first kappa shape index (κ1) is 16.5. The zero-order chi connectivity index (χ0) is 15.7. The van der Waals surface area contributed by atoms with Crippen LogP contribution in [-0.2, 0) is 4.79 Å². The van der Waals surface area contributed by atoms with E-state index in [-0.39, 0.29) is 18.5 Å². The van der Waals surface area contributed by atoms with Gasteiger partial charge in [0.2, 0.25) is 11.8 Å². The molecule has 1 rings (SSSR count). The molecular formula is C14H20N4O3. The van der Waals surface area contributed by atoms with Crippen molar-refractivity contribution in [3.05, 3.63) is 29.8 Å². The topological polar surface area (TPSA) is 113 Å². The minimum atomic E-state index is -0.570. The third-order valence-corrected chi connectivity index (χ3v) is 2.66. The summed E-state index contributed by atoms with van der Waals surface area (Å²) in [4.78, 5) is 34.0. The molecule has 7 heteroatoms. The summed E-state index contributed by atoms with van der Waals surface area (Å²) in [5.41, 5.74) is 5.91. The van der Waals surface area contributed by atoms with E-state index in [1.165, 1.54) is 6.07 Å². The summed E-state index contributed by atoms with van der Waals surface area (Å²) < 4.78 is 0. The largest absolute Gasteiger partial charge is 0.366 e. The third-order valence-electron chi connectivity index (χ3n) is 2.66. The molecule has 0 spiro atoms. The fraction of sp³-hybridized carbons (Fsp3) is 0.357. The SMILES string of the molecule is CCCCNC(=O)NCC(=O)Nc1cccc(C(N)=O)c1.